The predicted molar refractivity (Wildman–Crippen MR) is 64.5 cm³/mol. The molecule has 1 aromatic rings. The van der Waals surface area contributed by atoms with E-state index in [4.69, 9.17) is 0 Å². The summed E-state index contributed by atoms with van der Waals surface area (Å²) in [4.78, 5) is 11.6. The van der Waals surface area contributed by atoms with Crippen LogP contribution in [-0.2, 0) is 11.2 Å². The van der Waals surface area contributed by atoms with E-state index in [9.17, 15) is 18.0 Å². The van der Waals surface area contributed by atoms with Crippen molar-refractivity contribution in [2.75, 3.05) is 0 Å². The fourth-order valence-electron chi connectivity index (χ4n) is 1.78. The van der Waals surface area contributed by atoms with Gasteiger partial charge in [0.15, 0.2) is 0 Å². The fourth-order valence-corrected chi connectivity index (χ4v) is 1.78. The Morgan fingerprint density at radius 2 is 1.89 bits per heavy atom. The molecular formula is C14H17F3O. The topological polar surface area (TPSA) is 17.1 Å². The lowest BCUT2D eigenvalue weighted by Crippen LogP contribution is -2.10. The van der Waals surface area contributed by atoms with Crippen molar-refractivity contribution in [1.29, 1.82) is 0 Å². The molecule has 100 valence electrons. The molecule has 1 rings (SSSR count). The summed E-state index contributed by atoms with van der Waals surface area (Å²) in [5.41, 5.74) is 2.97. The monoisotopic (exact) mass is 258 g/mol. The average Bonchev–Trinajstić information content (AvgIpc) is 2.21. The first kappa shape index (κ1) is 14.7. The lowest BCUT2D eigenvalue weighted by atomic mass is 9.99. The van der Waals surface area contributed by atoms with Gasteiger partial charge in [0.1, 0.15) is 5.78 Å². The molecule has 0 unspecified atom stereocenters. The number of hydrogen-bond acceptors (Lipinski definition) is 1. The maximum Gasteiger partial charge on any atom is 0.389 e. The molecular weight excluding hydrogens is 241 g/mol. The molecule has 0 aliphatic rings. The molecule has 0 aliphatic carbocycles. The number of hydrogen-bond donors (Lipinski definition) is 0. The van der Waals surface area contributed by atoms with Crippen LogP contribution in [0.3, 0.4) is 0 Å². The highest BCUT2D eigenvalue weighted by Gasteiger charge is 2.26. The van der Waals surface area contributed by atoms with Gasteiger partial charge in [0, 0.05) is 19.3 Å². The molecule has 18 heavy (non-hydrogen) atoms. The smallest absolute Gasteiger partial charge is 0.299 e. The molecule has 0 spiro atoms. The highest BCUT2D eigenvalue weighted by atomic mass is 19.4. The van der Waals surface area contributed by atoms with Crippen LogP contribution in [0.4, 0.5) is 13.2 Å². The number of aryl methyl sites for hydroxylation is 2. The van der Waals surface area contributed by atoms with Crippen LogP contribution in [0.25, 0.3) is 0 Å². The summed E-state index contributed by atoms with van der Waals surface area (Å²) in [5.74, 6) is -0.132. The van der Waals surface area contributed by atoms with Crippen LogP contribution in [0.5, 0.6) is 0 Å². The van der Waals surface area contributed by atoms with Gasteiger partial charge in [-0.3, -0.25) is 4.79 Å². The molecule has 0 radical (unpaired) electrons. The SMILES string of the molecule is Cc1ccc(C)c(CC(=O)CCCC(F)(F)F)c1. The summed E-state index contributed by atoms with van der Waals surface area (Å²) in [6.45, 7) is 3.83. The molecule has 0 saturated heterocycles. The Kier molecular flexibility index (Phi) is 4.93. The minimum Gasteiger partial charge on any atom is -0.299 e. The van der Waals surface area contributed by atoms with Crippen LogP contribution in [-0.4, -0.2) is 12.0 Å². The highest BCUT2D eigenvalue weighted by Crippen LogP contribution is 2.22. The van der Waals surface area contributed by atoms with Crippen LogP contribution >= 0.6 is 0 Å². The normalized spacial score (nSPS) is 11.6. The standard InChI is InChI=1S/C14H17F3O/c1-10-5-6-11(2)12(8-10)9-13(18)4-3-7-14(15,16)17/h5-6,8H,3-4,7,9H2,1-2H3. The molecule has 0 fully saturated rings. The van der Waals surface area contributed by atoms with E-state index in [-0.39, 0.29) is 25.0 Å². The van der Waals surface area contributed by atoms with Crippen molar-refractivity contribution in [3.63, 3.8) is 0 Å². The number of alkyl halides is 3. The van der Waals surface area contributed by atoms with E-state index in [2.05, 4.69) is 0 Å². The van der Waals surface area contributed by atoms with Gasteiger partial charge in [0.25, 0.3) is 0 Å². The molecule has 0 aliphatic heterocycles. The van der Waals surface area contributed by atoms with Crippen molar-refractivity contribution in [2.24, 2.45) is 0 Å². The maximum atomic E-state index is 11.9. The number of Topliss-reactive ketones (excluding diaryl/α,β-unsaturated/α-hetero) is 1. The largest absolute Gasteiger partial charge is 0.389 e. The first-order chi connectivity index (χ1) is 8.28. The molecule has 0 amide bonds. The molecule has 0 aromatic heterocycles. The summed E-state index contributed by atoms with van der Waals surface area (Å²) in [7, 11) is 0. The Bertz CT molecular complexity index is 422. The van der Waals surface area contributed by atoms with Crippen LogP contribution in [0.2, 0.25) is 0 Å². The van der Waals surface area contributed by atoms with Crippen molar-refractivity contribution in [3.8, 4) is 0 Å². The van der Waals surface area contributed by atoms with Gasteiger partial charge in [-0.2, -0.15) is 13.2 Å². The molecule has 0 atom stereocenters. The molecule has 0 saturated carbocycles. The Morgan fingerprint density at radius 1 is 1.22 bits per heavy atom. The van der Waals surface area contributed by atoms with Crippen molar-refractivity contribution < 1.29 is 18.0 Å². The minimum absolute atomic E-state index is 0.00705. The van der Waals surface area contributed by atoms with Crippen LogP contribution in [0.1, 0.15) is 36.0 Å². The Labute approximate surface area is 105 Å². The first-order valence-corrected chi connectivity index (χ1v) is 5.92. The van der Waals surface area contributed by atoms with Gasteiger partial charge in [-0.15, -0.1) is 0 Å². The zero-order valence-electron chi connectivity index (χ0n) is 10.6. The van der Waals surface area contributed by atoms with Gasteiger partial charge in [-0.05, 0) is 31.4 Å². The number of benzene rings is 1. The van der Waals surface area contributed by atoms with Gasteiger partial charge in [0.05, 0.1) is 0 Å². The molecule has 0 heterocycles. The minimum atomic E-state index is -4.17. The number of carbonyl (C=O) groups is 1. The van der Waals surface area contributed by atoms with E-state index in [1.807, 2.05) is 32.0 Å². The number of halogens is 3. The van der Waals surface area contributed by atoms with E-state index < -0.39 is 12.6 Å². The van der Waals surface area contributed by atoms with E-state index in [1.165, 1.54) is 0 Å². The third kappa shape index (κ3) is 5.34. The Hall–Kier alpha value is -1.32. The van der Waals surface area contributed by atoms with Crippen molar-refractivity contribution in [2.45, 2.75) is 45.7 Å². The van der Waals surface area contributed by atoms with E-state index in [0.717, 1.165) is 16.7 Å². The van der Waals surface area contributed by atoms with E-state index in [0.29, 0.717) is 0 Å². The quantitative estimate of drug-likeness (QED) is 0.775. The summed E-state index contributed by atoms with van der Waals surface area (Å²) in [6, 6.07) is 5.79. The fraction of sp³-hybridized carbons (Fsp3) is 0.500. The van der Waals surface area contributed by atoms with Gasteiger partial charge >= 0.3 is 6.18 Å². The summed E-state index contributed by atoms with van der Waals surface area (Å²) in [5, 5.41) is 0. The van der Waals surface area contributed by atoms with Crippen LogP contribution in [0, 0.1) is 13.8 Å². The maximum absolute atomic E-state index is 11.9. The lowest BCUT2D eigenvalue weighted by Gasteiger charge is -2.07. The zero-order valence-corrected chi connectivity index (χ0v) is 10.6. The number of rotatable bonds is 5. The average molecular weight is 258 g/mol. The highest BCUT2D eigenvalue weighted by molar-refractivity contribution is 5.81. The van der Waals surface area contributed by atoms with Crippen LogP contribution in [0.15, 0.2) is 18.2 Å². The molecule has 1 aromatic carbocycles. The Morgan fingerprint density at radius 3 is 2.50 bits per heavy atom. The summed E-state index contributed by atoms with van der Waals surface area (Å²) >= 11 is 0. The first-order valence-electron chi connectivity index (χ1n) is 5.92. The molecule has 1 nitrogen and oxygen atoms in total. The van der Waals surface area contributed by atoms with Crippen molar-refractivity contribution in [3.05, 3.63) is 34.9 Å². The van der Waals surface area contributed by atoms with E-state index >= 15 is 0 Å². The second-order valence-electron chi connectivity index (χ2n) is 4.61. The lowest BCUT2D eigenvalue weighted by molar-refractivity contribution is -0.137. The summed E-state index contributed by atoms with van der Waals surface area (Å²) < 4.78 is 35.8. The molecule has 0 N–H and O–H groups in total. The van der Waals surface area contributed by atoms with Crippen LogP contribution < -0.4 is 0 Å². The zero-order chi connectivity index (χ0) is 13.8. The third-order valence-corrected chi connectivity index (χ3v) is 2.81. The number of carbonyl (C=O) groups excluding carboxylic acids is 1. The predicted octanol–water partition coefficient (Wildman–Crippen LogP) is 4.15. The number of ketones is 1. The molecule has 0 bridgehead atoms. The second kappa shape index (κ2) is 6.03. The molecule has 4 heteroatoms. The van der Waals surface area contributed by atoms with Gasteiger partial charge in [-0.1, -0.05) is 23.8 Å². The van der Waals surface area contributed by atoms with Gasteiger partial charge < -0.3 is 0 Å². The van der Waals surface area contributed by atoms with Crippen molar-refractivity contribution in [1.82, 2.24) is 0 Å². The summed E-state index contributed by atoms with van der Waals surface area (Å²) in [6.07, 6.45) is -4.95. The van der Waals surface area contributed by atoms with Crippen molar-refractivity contribution >= 4 is 5.78 Å². The Balaban J connectivity index is 2.47. The second-order valence-corrected chi connectivity index (χ2v) is 4.61. The van der Waals surface area contributed by atoms with E-state index in [1.54, 1.807) is 0 Å². The van der Waals surface area contributed by atoms with Gasteiger partial charge in [0.2, 0.25) is 0 Å². The third-order valence-electron chi connectivity index (χ3n) is 2.81. The van der Waals surface area contributed by atoms with Gasteiger partial charge in [-0.25, -0.2) is 0 Å².